The third-order valence-corrected chi connectivity index (χ3v) is 3.47. The summed E-state index contributed by atoms with van der Waals surface area (Å²) in [4.78, 5) is 1.47. The van der Waals surface area contributed by atoms with E-state index in [9.17, 15) is 0 Å². The van der Waals surface area contributed by atoms with Gasteiger partial charge in [-0.3, -0.25) is 0 Å². The van der Waals surface area contributed by atoms with Crippen LogP contribution in [0.1, 0.15) is 17.2 Å². The lowest BCUT2D eigenvalue weighted by atomic mass is 9.95. The van der Waals surface area contributed by atoms with Gasteiger partial charge in [0.25, 0.3) is 0 Å². The Morgan fingerprint density at radius 2 is 2.00 bits per heavy atom. The van der Waals surface area contributed by atoms with Gasteiger partial charge in [-0.2, -0.15) is 0 Å². The first-order valence-corrected chi connectivity index (χ1v) is 5.80. The number of benzene rings is 1. The molecule has 1 atom stereocenters. The smallest absolute Gasteiger partial charge is 0.231 e. The molecule has 0 spiro atoms. The van der Waals surface area contributed by atoms with Gasteiger partial charge in [0.05, 0.1) is 14.1 Å². The van der Waals surface area contributed by atoms with Gasteiger partial charge in [-0.15, -0.1) is 0 Å². The van der Waals surface area contributed by atoms with Crippen LogP contribution in [0.25, 0.3) is 0 Å². The standard InChI is InChI=1S/C12H16N2O2/c1-14(2)10-6-13-5-8-3-11-12(4-9(8)10)16-7-15-11/h3-4,10,13H,5-7H2,1-2H3/p+2/t10-/m0/s1. The summed E-state index contributed by atoms with van der Waals surface area (Å²) in [6.07, 6.45) is 0. The molecule has 1 aromatic carbocycles. The van der Waals surface area contributed by atoms with E-state index in [-0.39, 0.29) is 0 Å². The zero-order chi connectivity index (χ0) is 11.1. The van der Waals surface area contributed by atoms with Crippen LogP contribution < -0.4 is 19.7 Å². The van der Waals surface area contributed by atoms with Crippen LogP contribution in [-0.2, 0) is 6.54 Å². The molecule has 4 nitrogen and oxygen atoms in total. The van der Waals surface area contributed by atoms with E-state index in [0.29, 0.717) is 12.8 Å². The fraction of sp³-hybridized carbons (Fsp3) is 0.500. The average molecular weight is 222 g/mol. The number of ether oxygens (including phenoxy) is 2. The summed E-state index contributed by atoms with van der Waals surface area (Å²) in [7, 11) is 4.41. The molecule has 0 bridgehead atoms. The molecule has 2 aliphatic heterocycles. The van der Waals surface area contributed by atoms with Crippen LogP contribution in [0.15, 0.2) is 12.1 Å². The monoisotopic (exact) mass is 222 g/mol. The molecule has 4 heteroatoms. The Hall–Kier alpha value is -1.26. The first-order chi connectivity index (χ1) is 7.75. The topological polar surface area (TPSA) is 39.5 Å². The molecule has 3 N–H and O–H groups in total. The minimum absolute atomic E-state index is 0.363. The van der Waals surface area contributed by atoms with Crippen molar-refractivity contribution in [3.63, 3.8) is 0 Å². The quantitative estimate of drug-likeness (QED) is 0.618. The first kappa shape index (κ1) is 9.93. The highest BCUT2D eigenvalue weighted by molar-refractivity contribution is 5.49. The first-order valence-electron chi connectivity index (χ1n) is 5.80. The van der Waals surface area contributed by atoms with Gasteiger partial charge in [-0.05, 0) is 12.1 Å². The lowest BCUT2D eigenvalue weighted by Gasteiger charge is -2.26. The van der Waals surface area contributed by atoms with E-state index in [1.54, 1.807) is 0 Å². The van der Waals surface area contributed by atoms with E-state index in [1.807, 2.05) is 0 Å². The van der Waals surface area contributed by atoms with Crippen molar-refractivity contribution in [3.8, 4) is 11.5 Å². The molecule has 0 aliphatic carbocycles. The Labute approximate surface area is 95.1 Å². The molecule has 0 saturated carbocycles. The number of likely N-dealkylation sites (N-methyl/N-ethyl adjacent to an activating group) is 1. The highest BCUT2D eigenvalue weighted by atomic mass is 16.7. The van der Waals surface area contributed by atoms with Crippen molar-refractivity contribution in [2.75, 3.05) is 27.4 Å². The number of rotatable bonds is 1. The van der Waals surface area contributed by atoms with Crippen LogP contribution in [0.3, 0.4) is 0 Å². The van der Waals surface area contributed by atoms with E-state index in [1.165, 1.54) is 16.0 Å². The summed E-state index contributed by atoms with van der Waals surface area (Å²) in [6.45, 7) is 2.56. The van der Waals surface area contributed by atoms with Crippen molar-refractivity contribution in [1.29, 1.82) is 0 Å². The molecule has 1 aromatic rings. The Balaban J connectivity index is 2.06. The maximum Gasteiger partial charge on any atom is 0.231 e. The number of nitrogens with two attached hydrogens (primary N) is 1. The number of nitrogens with one attached hydrogen (secondary N) is 1. The van der Waals surface area contributed by atoms with Gasteiger partial charge >= 0.3 is 0 Å². The Kier molecular flexibility index (Phi) is 2.26. The Bertz CT molecular complexity index is 418. The van der Waals surface area contributed by atoms with Crippen molar-refractivity contribution >= 4 is 0 Å². The number of quaternary nitrogens is 2. The molecule has 2 aliphatic rings. The molecular formula is C12H18N2O2+2. The second-order valence-electron chi connectivity index (χ2n) is 4.76. The average Bonchev–Trinajstić information content (AvgIpc) is 2.71. The van der Waals surface area contributed by atoms with E-state index in [0.717, 1.165) is 24.6 Å². The summed E-state index contributed by atoms with van der Waals surface area (Å²) >= 11 is 0. The fourth-order valence-corrected chi connectivity index (χ4v) is 2.58. The largest absolute Gasteiger partial charge is 0.454 e. The molecular weight excluding hydrogens is 204 g/mol. The molecule has 86 valence electrons. The van der Waals surface area contributed by atoms with E-state index >= 15 is 0 Å². The van der Waals surface area contributed by atoms with Crippen LogP contribution in [-0.4, -0.2) is 27.4 Å². The van der Waals surface area contributed by atoms with Gasteiger partial charge < -0.3 is 19.7 Å². The zero-order valence-electron chi connectivity index (χ0n) is 9.75. The second kappa shape index (κ2) is 3.64. The lowest BCUT2D eigenvalue weighted by molar-refractivity contribution is -0.912. The van der Waals surface area contributed by atoms with E-state index < -0.39 is 0 Å². The molecule has 16 heavy (non-hydrogen) atoms. The van der Waals surface area contributed by atoms with Crippen LogP contribution >= 0.6 is 0 Å². The minimum atomic E-state index is 0.363. The van der Waals surface area contributed by atoms with Gasteiger partial charge in [0.15, 0.2) is 17.5 Å². The molecule has 0 fully saturated rings. The van der Waals surface area contributed by atoms with E-state index in [2.05, 4.69) is 31.5 Å². The maximum absolute atomic E-state index is 5.45. The van der Waals surface area contributed by atoms with Gasteiger partial charge in [-0.25, -0.2) is 0 Å². The van der Waals surface area contributed by atoms with Gasteiger partial charge in [0.1, 0.15) is 13.1 Å². The predicted octanol–water partition coefficient (Wildman–Crippen LogP) is -1.32. The molecule has 0 amide bonds. The second-order valence-corrected chi connectivity index (χ2v) is 4.76. The number of hydrogen-bond acceptors (Lipinski definition) is 2. The van der Waals surface area contributed by atoms with Crippen molar-refractivity contribution in [3.05, 3.63) is 23.3 Å². The van der Waals surface area contributed by atoms with Gasteiger partial charge in [0.2, 0.25) is 6.79 Å². The molecule has 0 radical (unpaired) electrons. The summed E-state index contributed by atoms with van der Waals surface area (Å²) in [5.41, 5.74) is 2.81. The molecule has 0 saturated heterocycles. The Morgan fingerprint density at radius 3 is 2.75 bits per heavy atom. The normalized spacial score (nSPS) is 22.3. The van der Waals surface area contributed by atoms with Gasteiger partial charge in [-0.1, -0.05) is 0 Å². The predicted molar refractivity (Wildman–Crippen MR) is 58.6 cm³/mol. The summed E-state index contributed by atoms with van der Waals surface area (Å²) in [5.74, 6) is 1.81. The summed E-state index contributed by atoms with van der Waals surface area (Å²) in [5, 5.41) is 2.36. The molecule has 0 aromatic heterocycles. The van der Waals surface area contributed by atoms with E-state index in [4.69, 9.17) is 9.47 Å². The molecule has 2 heterocycles. The zero-order valence-corrected chi connectivity index (χ0v) is 9.75. The van der Waals surface area contributed by atoms with Crippen molar-refractivity contribution in [2.45, 2.75) is 12.6 Å². The van der Waals surface area contributed by atoms with Crippen molar-refractivity contribution in [2.24, 2.45) is 0 Å². The van der Waals surface area contributed by atoms with Crippen LogP contribution in [0.4, 0.5) is 0 Å². The van der Waals surface area contributed by atoms with Crippen molar-refractivity contribution < 1.29 is 19.7 Å². The van der Waals surface area contributed by atoms with Crippen molar-refractivity contribution in [1.82, 2.24) is 0 Å². The fourth-order valence-electron chi connectivity index (χ4n) is 2.58. The van der Waals surface area contributed by atoms with Crippen LogP contribution in [0.5, 0.6) is 11.5 Å². The highest BCUT2D eigenvalue weighted by Crippen LogP contribution is 2.36. The summed E-state index contributed by atoms with van der Waals surface area (Å²) in [6, 6.07) is 4.87. The molecule has 0 unspecified atom stereocenters. The third-order valence-electron chi connectivity index (χ3n) is 3.47. The third kappa shape index (κ3) is 1.45. The maximum atomic E-state index is 5.45. The SMILES string of the molecule is C[NH+](C)[C@H]1C[NH2+]Cc2cc3c(cc21)OCO3. The highest BCUT2D eigenvalue weighted by Gasteiger charge is 2.30. The lowest BCUT2D eigenvalue weighted by Crippen LogP contribution is -3.10. The molecule has 3 rings (SSSR count). The summed E-state index contributed by atoms with van der Waals surface area (Å²) < 4.78 is 10.9. The number of fused-ring (bicyclic) bond motifs is 2. The van der Waals surface area contributed by atoms with Crippen LogP contribution in [0.2, 0.25) is 0 Å². The Morgan fingerprint density at radius 1 is 1.25 bits per heavy atom. The van der Waals surface area contributed by atoms with Crippen LogP contribution in [0, 0.1) is 0 Å². The van der Waals surface area contributed by atoms with Gasteiger partial charge in [0, 0.05) is 11.1 Å². The minimum Gasteiger partial charge on any atom is -0.454 e. The number of hydrogen-bond donors (Lipinski definition) is 2.